The second kappa shape index (κ2) is 7.35. The van der Waals surface area contributed by atoms with E-state index in [1.807, 2.05) is 7.05 Å². The molecule has 0 fully saturated rings. The minimum absolute atomic E-state index is 0.426. The van der Waals surface area contributed by atoms with Gasteiger partial charge in [0.15, 0.2) is 11.6 Å². The molecule has 0 bridgehead atoms. The van der Waals surface area contributed by atoms with E-state index in [9.17, 15) is 8.78 Å². The van der Waals surface area contributed by atoms with Gasteiger partial charge in [0.25, 0.3) is 0 Å². The molecule has 0 heterocycles. The van der Waals surface area contributed by atoms with Crippen LogP contribution in [0.25, 0.3) is 0 Å². The van der Waals surface area contributed by atoms with Gasteiger partial charge in [0.2, 0.25) is 0 Å². The summed E-state index contributed by atoms with van der Waals surface area (Å²) in [6.07, 6.45) is 1.00. The molecule has 0 saturated heterocycles. The quantitative estimate of drug-likeness (QED) is 0.790. The van der Waals surface area contributed by atoms with Crippen LogP contribution in [-0.2, 0) is 6.54 Å². The van der Waals surface area contributed by atoms with Crippen molar-refractivity contribution in [3.05, 3.63) is 35.4 Å². The van der Waals surface area contributed by atoms with Crippen molar-refractivity contribution in [2.75, 3.05) is 26.7 Å². The lowest BCUT2D eigenvalue weighted by atomic mass is 10.2. The van der Waals surface area contributed by atoms with Gasteiger partial charge >= 0.3 is 0 Å². The van der Waals surface area contributed by atoms with Crippen LogP contribution in [0.5, 0.6) is 0 Å². The maximum atomic E-state index is 13.5. The summed E-state index contributed by atoms with van der Waals surface area (Å²) in [6, 6.07) is 4.34. The second-order valence-electron chi connectivity index (χ2n) is 4.09. The van der Waals surface area contributed by atoms with Crippen molar-refractivity contribution in [3.8, 4) is 0 Å². The van der Waals surface area contributed by atoms with Crippen LogP contribution in [0.1, 0.15) is 18.9 Å². The summed E-state index contributed by atoms with van der Waals surface area (Å²) in [5.41, 5.74) is 0.426. The van der Waals surface area contributed by atoms with Crippen LogP contribution in [0.15, 0.2) is 18.2 Å². The summed E-state index contributed by atoms with van der Waals surface area (Å²) in [6.45, 7) is 5.10. The standard InChI is InChI=1S/C13H20F2N2/c1-3-8-17(9-7-16-2)10-11-5-4-6-12(14)13(11)15/h4-6,16H,3,7-10H2,1-2H3. The van der Waals surface area contributed by atoms with Crippen molar-refractivity contribution in [2.45, 2.75) is 19.9 Å². The van der Waals surface area contributed by atoms with Crippen molar-refractivity contribution in [2.24, 2.45) is 0 Å². The van der Waals surface area contributed by atoms with Crippen LogP contribution < -0.4 is 5.32 Å². The van der Waals surface area contributed by atoms with Gasteiger partial charge in [-0.15, -0.1) is 0 Å². The first-order valence-electron chi connectivity index (χ1n) is 5.98. The molecule has 1 aromatic carbocycles. The second-order valence-corrected chi connectivity index (χ2v) is 4.09. The summed E-state index contributed by atoms with van der Waals surface area (Å²) in [5, 5.41) is 3.06. The number of benzene rings is 1. The SMILES string of the molecule is CCCN(CCNC)Cc1cccc(F)c1F. The van der Waals surface area contributed by atoms with Crippen molar-refractivity contribution in [3.63, 3.8) is 0 Å². The molecule has 96 valence electrons. The van der Waals surface area contributed by atoms with Crippen LogP contribution in [0.4, 0.5) is 8.78 Å². The van der Waals surface area contributed by atoms with Gasteiger partial charge in [-0.1, -0.05) is 19.1 Å². The van der Waals surface area contributed by atoms with Crippen LogP contribution >= 0.6 is 0 Å². The zero-order valence-corrected chi connectivity index (χ0v) is 10.5. The predicted molar refractivity (Wildman–Crippen MR) is 65.9 cm³/mol. The highest BCUT2D eigenvalue weighted by molar-refractivity contribution is 5.18. The van der Waals surface area contributed by atoms with Crippen molar-refractivity contribution in [1.82, 2.24) is 10.2 Å². The molecule has 1 rings (SSSR count). The normalized spacial score (nSPS) is 11.1. The van der Waals surface area contributed by atoms with E-state index < -0.39 is 11.6 Å². The highest BCUT2D eigenvalue weighted by Crippen LogP contribution is 2.13. The first-order valence-corrected chi connectivity index (χ1v) is 5.98. The summed E-state index contributed by atoms with van der Waals surface area (Å²) in [5.74, 6) is -1.49. The van der Waals surface area contributed by atoms with Crippen molar-refractivity contribution >= 4 is 0 Å². The molecular weight excluding hydrogens is 222 g/mol. The number of rotatable bonds is 7. The zero-order valence-electron chi connectivity index (χ0n) is 10.5. The Morgan fingerprint density at radius 2 is 2.00 bits per heavy atom. The Labute approximate surface area is 102 Å². The van der Waals surface area contributed by atoms with Gasteiger partial charge in [0, 0.05) is 25.2 Å². The van der Waals surface area contributed by atoms with E-state index in [0.29, 0.717) is 12.1 Å². The van der Waals surface area contributed by atoms with Crippen LogP contribution in [0.2, 0.25) is 0 Å². The van der Waals surface area contributed by atoms with E-state index in [-0.39, 0.29) is 0 Å². The number of hydrogen-bond donors (Lipinski definition) is 1. The number of hydrogen-bond acceptors (Lipinski definition) is 2. The lowest BCUT2D eigenvalue weighted by molar-refractivity contribution is 0.263. The van der Waals surface area contributed by atoms with Gasteiger partial charge in [0.05, 0.1) is 0 Å². The Hall–Kier alpha value is -1.00. The van der Waals surface area contributed by atoms with Crippen LogP contribution in [-0.4, -0.2) is 31.6 Å². The number of nitrogens with zero attached hydrogens (tertiary/aromatic N) is 1. The highest BCUT2D eigenvalue weighted by atomic mass is 19.2. The van der Waals surface area contributed by atoms with Gasteiger partial charge in [-0.2, -0.15) is 0 Å². The molecule has 0 aliphatic carbocycles. The molecule has 0 atom stereocenters. The Bertz CT molecular complexity index is 342. The fourth-order valence-electron chi connectivity index (χ4n) is 1.77. The van der Waals surface area contributed by atoms with Crippen LogP contribution in [0.3, 0.4) is 0 Å². The molecule has 0 aliphatic heterocycles. The molecule has 0 radical (unpaired) electrons. The third-order valence-corrected chi connectivity index (χ3v) is 2.64. The van der Waals surface area contributed by atoms with Crippen molar-refractivity contribution in [1.29, 1.82) is 0 Å². The van der Waals surface area contributed by atoms with Gasteiger partial charge in [-0.05, 0) is 26.1 Å². The van der Waals surface area contributed by atoms with E-state index in [1.54, 1.807) is 12.1 Å². The first kappa shape index (κ1) is 14.1. The average Bonchev–Trinajstić information content (AvgIpc) is 2.32. The third kappa shape index (κ3) is 4.40. The summed E-state index contributed by atoms with van der Waals surface area (Å²) < 4.78 is 26.6. The zero-order chi connectivity index (χ0) is 12.7. The summed E-state index contributed by atoms with van der Waals surface area (Å²) >= 11 is 0. The average molecular weight is 242 g/mol. The molecule has 0 saturated carbocycles. The molecule has 0 aliphatic rings. The Kier molecular flexibility index (Phi) is 6.08. The summed E-state index contributed by atoms with van der Waals surface area (Å²) in [7, 11) is 1.88. The Morgan fingerprint density at radius 1 is 1.24 bits per heavy atom. The summed E-state index contributed by atoms with van der Waals surface area (Å²) in [4.78, 5) is 2.12. The number of likely N-dealkylation sites (N-methyl/N-ethyl adjacent to an activating group) is 1. The van der Waals surface area contributed by atoms with Crippen LogP contribution in [0, 0.1) is 11.6 Å². The molecule has 4 heteroatoms. The minimum Gasteiger partial charge on any atom is -0.318 e. The van der Waals surface area contributed by atoms with E-state index >= 15 is 0 Å². The van der Waals surface area contributed by atoms with Gasteiger partial charge in [0.1, 0.15) is 0 Å². The smallest absolute Gasteiger partial charge is 0.163 e. The molecule has 0 spiro atoms. The molecule has 0 unspecified atom stereocenters. The Balaban J connectivity index is 2.67. The van der Waals surface area contributed by atoms with Crippen molar-refractivity contribution < 1.29 is 8.78 Å². The van der Waals surface area contributed by atoms with E-state index in [1.165, 1.54) is 0 Å². The van der Waals surface area contributed by atoms with E-state index in [0.717, 1.165) is 32.1 Å². The highest BCUT2D eigenvalue weighted by Gasteiger charge is 2.11. The maximum Gasteiger partial charge on any atom is 0.163 e. The number of nitrogens with one attached hydrogen (secondary N) is 1. The molecule has 1 aromatic rings. The molecule has 2 nitrogen and oxygen atoms in total. The maximum absolute atomic E-state index is 13.5. The molecule has 0 aromatic heterocycles. The predicted octanol–water partition coefficient (Wildman–Crippen LogP) is 2.40. The topological polar surface area (TPSA) is 15.3 Å². The van der Waals surface area contributed by atoms with Gasteiger partial charge < -0.3 is 5.32 Å². The van der Waals surface area contributed by atoms with E-state index in [2.05, 4.69) is 17.1 Å². The fraction of sp³-hybridized carbons (Fsp3) is 0.538. The number of halogens is 2. The monoisotopic (exact) mass is 242 g/mol. The third-order valence-electron chi connectivity index (χ3n) is 2.64. The molecule has 17 heavy (non-hydrogen) atoms. The fourth-order valence-corrected chi connectivity index (χ4v) is 1.77. The molecule has 1 N–H and O–H groups in total. The Morgan fingerprint density at radius 3 is 2.65 bits per heavy atom. The van der Waals surface area contributed by atoms with Gasteiger partial charge in [-0.25, -0.2) is 8.78 Å². The minimum atomic E-state index is -0.771. The van der Waals surface area contributed by atoms with E-state index in [4.69, 9.17) is 0 Å². The molecular formula is C13H20F2N2. The van der Waals surface area contributed by atoms with Gasteiger partial charge in [-0.3, -0.25) is 4.90 Å². The molecule has 0 amide bonds. The first-order chi connectivity index (χ1) is 8.19. The lowest BCUT2D eigenvalue weighted by Crippen LogP contribution is -2.31. The lowest BCUT2D eigenvalue weighted by Gasteiger charge is -2.21. The largest absolute Gasteiger partial charge is 0.318 e.